The van der Waals surface area contributed by atoms with Gasteiger partial charge in [-0.05, 0) is 36.6 Å². The van der Waals surface area contributed by atoms with Crippen LogP contribution in [0.4, 0.5) is 5.69 Å². The van der Waals surface area contributed by atoms with Crippen molar-refractivity contribution < 1.29 is 4.79 Å². The highest BCUT2D eigenvalue weighted by atomic mass is 35.5. The van der Waals surface area contributed by atoms with E-state index in [4.69, 9.17) is 11.6 Å². The molecule has 2 bridgehead atoms. The Morgan fingerprint density at radius 2 is 1.68 bits per heavy atom. The van der Waals surface area contributed by atoms with E-state index >= 15 is 0 Å². The molecule has 22 heavy (non-hydrogen) atoms. The number of carbonyl (C=O) groups is 1. The van der Waals surface area contributed by atoms with Gasteiger partial charge in [0.15, 0.2) is 0 Å². The summed E-state index contributed by atoms with van der Waals surface area (Å²) in [6, 6.07) is 18.7. The number of piperidine rings is 2. The smallest absolute Gasteiger partial charge is 0.140 e. The standard InChI is InChI=1S/C19H18ClNO/c20-17-9-5-4-8-15(17)19-16-11-10-14(12-18(16)22)21(19)13-6-2-1-3-7-13/h1-9,14,16,19H,10-12H2/t14-,16+,19-/m0/s1. The summed E-state index contributed by atoms with van der Waals surface area (Å²) in [5.41, 5.74) is 2.27. The molecule has 3 atom stereocenters. The second-order valence-electron chi connectivity index (χ2n) is 6.22. The third-order valence-corrected chi connectivity index (χ3v) is 5.36. The third kappa shape index (κ3) is 2.14. The highest BCUT2D eigenvalue weighted by Crippen LogP contribution is 2.49. The van der Waals surface area contributed by atoms with Gasteiger partial charge in [0.05, 0.1) is 6.04 Å². The fourth-order valence-corrected chi connectivity index (χ4v) is 4.31. The molecule has 2 heterocycles. The summed E-state index contributed by atoms with van der Waals surface area (Å²) in [7, 11) is 0. The normalized spacial score (nSPS) is 27.2. The maximum Gasteiger partial charge on any atom is 0.140 e. The molecule has 1 aliphatic carbocycles. The number of Topliss-reactive ketones (excluding diaryl/α,β-unsaturated/α-hetero) is 1. The predicted molar refractivity (Wildman–Crippen MR) is 89.3 cm³/mol. The largest absolute Gasteiger partial charge is 0.360 e. The van der Waals surface area contributed by atoms with E-state index in [0.29, 0.717) is 18.2 Å². The first-order valence-electron chi connectivity index (χ1n) is 7.86. The van der Waals surface area contributed by atoms with E-state index in [9.17, 15) is 4.79 Å². The molecule has 0 aromatic heterocycles. The maximum absolute atomic E-state index is 12.5. The maximum atomic E-state index is 12.5. The van der Waals surface area contributed by atoms with Crippen LogP contribution in [0, 0.1) is 5.92 Å². The lowest BCUT2D eigenvalue weighted by atomic mass is 9.71. The average Bonchev–Trinajstić information content (AvgIpc) is 2.56. The number of rotatable bonds is 2. The minimum Gasteiger partial charge on any atom is -0.360 e. The molecule has 0 amide bonds. The minimum absolute atomic E-state index is 0.0603. The molecule has 0 radical (unpaired) electrons. The van der Waals surface area contributed by atoms with Gasteiger partial charge in [-0.3, -0.25) is 4.79 Å². The molecule has 2 nitrogen and oxygen atoms in total. The lowest BCUT2D eigenvalue weighted by Crippen LogP contribution is -2.54. The number of anilines is 1. The molecule has 3 heteroatoms. The Kier molecular flexibility index (Phi) is 3.42. The zero-order chi connectivity index (χ0) is 15.1. The van der Waals surface area contributed by atoms with Crippen LogP contribution in [-0.4, -0.2) is 11.8 Å². The van der Waals surface area contributed by atoms with Gasteiger partial charge in [-0.1, -0.05) is 48.0 Å². The number of fused-ring (bicyclic) bond motifs is 3. The SMILES string of the molecule is O=C1C[C@@H]2CC[C@H]1[C@H](c1ccccc1Cl)N2c1ccccc1. The predicted octanol–water partition coefficient (Wildman–Crippen LogP) is 4.64. The van der Waals surface area contributed by atoms with Gasteiger partial charge in [-0.15, -0.1) is 0 Å². The van der Waals surface area contributed by atoms with Crippen molar-refractivity contribution in [1.82, 2.24) is 0 Å². The van der Waals surface area contributed by atoms with Crippen LogP contribution in [0.5, 0.6) is 0 Å². The summed E-state index contributed by atoms with van der Waals surface area (Å²) in [6.07, 6.45) is 2.73. The molecule has 2 saturated heterocycles. The van der Waals surface area contributed by atoms with Crippen LogP contribution in [0.3, 0.4) is 0 Å². The van der Waals surface area contributed by atoms with Gasteiger partial charge in [0.2, 0.25) is 0 Å². The van der Waals surface area contributed by atoms with E-state index in [2.05, 4.69) is 35.2 Å². The molecular weight excluding hydrogens is 294 g/mol. The van der Waals surface area contributed by atoms with Crippen molar-refractivity contribution in [2.24, 2.45) is 5.92 Å². The zero-order valence-electron chi connectivity index (χ0n) is 12.3. The van der Waals surface area contributed by atoms with Gasteiger partial charge >= 0.3 is 0 Å². The van der Waals surface area contributed by atoms with Gasteiger partial charge in [0, 0.05) is 29.1 Å². The first kappa shape index (κ1) is 13.8. The highest BCUT2D eigenvalue weighted by Gasteiger charge is 2.47. The molecule has 3 fully saturated rings. The summed E-state index contributed by atoms with van der Waals surface area (Å²) in [6.45, 7) is 0. The van der Waals surface area contributed by atoms with Crippen molar-refractivity contribution in [3.8, 4) is 0 Å². The van der Waals surface area contributed by atoms with E-state index in [1.54, 1.807) is 0 Å². The molecule has 0 spiro atoms. The van der Waals surface area contributed by atoms with E-state index in [1.165, 1.54) is 5.69 Å². The first-order chi connectivity index (χ1) is 10.8. The summed E-state index contributed by atoms with van der Waals surface area (Å²) in [5.74, 6) is 0.457. The summed E-state index contributed by atoms with van der Waals surface area (Å²) in [5, 5.41) is 0.758. The lowest BCUT2D eigenvalue weighted by Gasteiger charge is -2.52. The van der Waals surface area contributed by atoms with E-state index in [-0.39, 0.29) is 12.0 Å². The van der Waals surface area contributed by atoms with Crippen LogP contribution in [0.1, 0.15) is 30.9 Å². The number of nitrogens with zero attached hydrogens (tertiary/aromatic N) is 1. The van der Waals surface area contributed by atoms with Gasteiger partial charge in [-0.2, -0.15) is 0 Å². The van der Waals surface area contributed by atoms with Crippen LogP contribution in [-0.2, 0) is 4.79 Å². The van der Waals surface area contributed by atoms with Crippen molar-refractivity contribution in [3.05, 3.63) is 65.2 Å². The molecule has 1 saturated carbocycles. The van der Waals surface area contributed by atoms with Crippen molar-refractivity contribution in [2.45, 2.75) is 31.3 Å². The third-order valence-electron chi connectivity index (χ3n) is 5.01. The molecule has 0 N–H and O–H groups in total. The Bertz CT molecular complexity index is 700. The van der Waals surface area contributed by atoms with Crippen LogP contribution >= 0.6 is 11.6 Å². The van der Waals surface area contributed by atoms with Crippen molar-refractivity contribution in [1.29, 1.82) is 0 Å². The highest BCUT2D eigenvalue weighted by molar-refractivity contribution is 6.31. The second-order valence-corrected chi connectivity index (χ2v) is 6.62. The average molecular weight is 312 g/mol. The Morgan fingerprint density at radius 1 is 0.955 bits per heavy atom. The van der Waals surface area contributed by atoms with Gasteiger partial charge in [0.25, 0.3) is 0 Å². The molecule has 2 aromatic rings. The van der Waals surface area contributed by atoms with Crippen LogP contribution in [0.2, 0.25) is 5.02 Å². The molecule has 2 aliphatic heterocycles. The Labute approximate surface area is 135 Å². The Hall–Kier alpha value is -1.80. The van der Waals surface area contributed by atoms with Crippen LogP contribution in [0.25, 0.3) is 0 Å². The summed E-state index contributed by atoms with van der Waals surface area (Å²) >= 11 is 6.46. The number of benzene rings is 2. The van der Waals surface area contributed by atoms with Crippen LogP contribution < -0.4 is 4.90 Å². The van der Waals surface area contributed by atoms with Gasteiger partial charge < -0.3 is 4.90 Å². The molecular formula is C19H18ClNO. The molecule has 5 rings (SSSR count). The number of carbonyl (C=O) groups excluding carboxylic acids is 1. The van der Waals surface area contributed by atoms with E-state index in [1.807, 2.05) is 24.3 Å². The summed E-state index contributed by atoms with van der Waals surface area (Å²) < 4.78 is 0. The van der Waals surface area contributed by atoms with Gasteiger partial charge in [0.1, 0.15) is 5.78 Å². The first-order valence-corrected chi connectivity index (χ1v) is 8.24. The monoisotopic (exact) mass is 311 g/mol. The Morgan fingerprint density at radius 3 is 2.41 bits per heavy atom. The number of ketones is 1. The molecule has 112 valence electrons. The van der Waals surface area contributed by atoms with Crippen molar-refractivity contribution in [2.75, 3.05) is 4.90 Å². The van der Waals surface area contributed by atoms with Crippen molar-refractivity contribution >= 4 is 23.1 Å². The molecule has 2 aromatic carbocycles. The second kappa shape index (κ2) is 5.44. The van der Waals surface area contributed by atoms with Crippen molar-refractivity contribution in [3.63, 3.8) is 0 Å². The lowest BCUT2D eigenvalue weighted by molar-refractivity contribution is -0.128. The number of para-hydroxylation sites is 1. The van der Waals surface area contributed by atoms with Gasteiger partial charge in [-0.25, -0.2) is 0 Å². The van der Waals surface area contributed by atoms with Crippen LogP contribution in [0.15, 0.2) is 54.6 Å². The number of hydrogen-bond acceptors (Lipinski definition) is 2. The fourth-order valence-electron chi connectivity index (χ4n) is 4.06. The minimum atomic E-state index is 0.0603. The fraction of sp³-hybridized carbons (Fsp3) is 0.316. The summed E-state index contributed by atoms with van der Waals surface area (Å²) in [4.78, 5) is 14.9. The topological polar surface area (TPSA) is 20.3 Å². The molecule has 3 aliphatic rings. The quantitative estimate of drug-likeness (QED) is 0.805. The molecule has 0 unspecified atom stereocenters. The van der Waals surface area contributed by atoms with E-state index < -0.39 is 0 Å². The Balaban J connectivity index is 1.84. The van der Waals surface area contributed by atoms with E-state index in [0.717, 1.165) is 23.4 Å². The number of halogens is 1. The zero-order valence-corrected chi connectivity index (χ0v) is 13.0. The number of hydrogen-bond donors (Lipinski definition) is 0.